The van der Waals surface area contributed by atoms with Crippen LogP contribution in [0.5, 0.6) is 5.75 Å². The number of unbranched alkanes of at least 4 members (excludes halogenated alkanes) is 1. The number of ether oxygens (including phenoxy) is 2. The summed E-state index contributed by atoms with van der Waals surface area (Å²) in [6.45, 7) is 5.27. The minimum absolute atomic E-state index is 0.162. The lowest BCUT2D eigenvalue weighted by Crippen LogP contribution is -2.36. The van der Waals surface area contributed by atoms with E-state index in [1.54, 1.807) is 22.7 Å². The van der Waals surface area contributed by atoms with Crippen LogP contribution >= 0.6 is 22.7 Å². The van der Waals surface area contributed by atoms with E-state index in [1.165, 1.54) is 0 Å². The van der Waals surface area contributed by atoms with E-state index in [4.69, 9.17) is 9.47 Å². The molecule has 0 atom stereocenters. The molecule has 1 fully saturated rings. The maximum atomic E-state index is 13.4. The summed E-state index contributed by atoms with van der Waals surface area (Å²) in [6.07, 6.45) is 1.99. The topological polar surface area (TPSA) is 63.7 Å². The van der Waals surface area contributed by atoms with Crippen LogP contribution in [0.1, 0.15) is 23.2 Å². The molecule has 1 aliphatic rings. The molecule has 0 spiro atoms. The molecule has 0 unspecified atom stereocenters. The van der Waals surface area contributed by atoms with Crippen molar-refractivity contribution in [2.45, 2.75) is 12.8 Å². The molecular weight excluding hydrogens is 490 g/mol. The maximum absolute atomic E-state index is 13.4. The van der Waals surface area contributed by atoms with Crippen molar-refractivity contribution in [3.05, 3.63) is 65.7 Å². The fourth-order valence-corrected chi connectivity index (χ4v) is 6.43. The smallest absolute Gasteiger partial charge is 0.260 e. The average molecular weight is 518 g/mol. The van der Waals surface area contributed by atoms with Crippen LogP contribution in [-0.2, 0) is 4.74 Å². The zero-order chi connectivity index (χ0) is 24.3. The van der Waals surface area contributed by atoms with E-state index in [0.29, 0.717) is 17.9 Å². The number of hydrogen-bond acceptors (Lipinski definition) is 7. The minimum Gasteiger partial charge on any atom is -0.493 e. The molecule has 5 aromatic rings. The number of carbonyl (C=O) groups excluding carboxylic acids is 1. The Kier molecular flexibility index (Phi) is 6.83. The van der Waals surface area contributed by atoms with Gasteiger partial charge in [-0.05, 0) is 59.8 Å². The molecule has 6 rings (SSSR count). The van der Waals surface area contributed by atoms with Crippen molar-refractivity contribution in [3.63, 3.8) is 0 Å². The molecule has 3 aromatic carbocycles. The molecule has 184 valence electrons. The normalized spacial score (nSPS) is 14.6. The van der Waals surface area contributed by atoms with Crippen molar-refractivity contribution in [2.75, 3.05) is 44.8 Å². The van der Waals surface area contributed by atoms with Gasteiger partial charge in [-0.3, -0.25) is 9.69 Å². The van der Waals surface area contributed by atoms with E-state index >= 15 is 0 Å². The van der Waals surface area contributed by atoms with Crippen molar-refractivity contribution in [1.29, 1.82) is 0 Å². The van der Waals surface area contributed by atoms with Crippen molar-refractivity contribution < 1.29 is 14.3 Å². The summed E-state index contributed by atoms with van der Waals surface area (Å²) >= 11 is 3.19. The van der Waals surface area contributed by atoms with E-state index in [2.05, 4.69) is 27.3 Å². The van der Waals surface area contributed by atoms with Gasteiger partial charge in [-0.2, -0.15) is 0 Å². The molecule has 0 bridgehead atoms. The first-order valence-corrected chi connectivity index (χ1v) is 14.0. The van der Waals surface area contributed by atoms with Gasteiger partial charge in [0, 0.05) is 13.1 Å². The summed E-state index contributed by atoms with van der Waals surface area (Å²) < 4.78 is 13.9. The number of thiophene rings is 1. The SMILES string of the molecule is O=C(Nc1cc2ccc3scnc3c2s1)c1cc2ccccc2cc1OCCCCN1CCOCC1. The van der Waals surface area contributed by atoms with Crippen LogP contribution in [0.2, 0.25) is 0 Å². The number of amides is 1. The largest absolute Gasteiger partial charge is 0.493 e. The predicted octanol–water partition coefficient (Wildman–Crippen LogP) is 6.41. The van der Waals surface area contributed by atoms with Crippen LogP contribution in [0.15, 0.2) is 60.1 Å². The highest BCUT2D eigenvalue weighted by Crippen LogP contribution is 2.36. The summed E-state index contributed by atoms with van der Waals surface area (Å²) in [4.78, 5) is 20.4. The number of anilines is 1. The molecule has 0 radical (unpaired) electrons. The van der Waals surface area contributed by atoms with E-state index in [0.717, 1.165) is 81.8 Å². The van der Waals surface area contributed by atoms with E-state index in [9.17, 15) is 4.79 Å². The molecule has 6 nitrogen and oxygen atoms in total. The number of hydrogen-bond donors (Lipinski definition) is 1. The number of fused-ring (bicyclic) bond motifs is 4. The van der Waals surface area contributed by atoms with Crippen molar-refractivity contribution in [3.8, 4) is 5.75 Å². The van der Waals surface area contributed by atoms with Gasteiger partial charge in [0.2, 0.25) is 0 Å². The molecule has 3 heterocycles. The van der Waals surface area contributed by atoms with Gasteiger partial charge in [0.15, 0.2) is 0 Å². The lowest BCUT2D eigenvalue weighted by Gasteiger charge is -2.26. The first-order chi connectivity index (χ1) is 17.7. The Bertz CT molecular complexity index is 1520. The molecule has 1 aliphatic heterocycles. The summed E-state index contributed by atoms with van der Waals surface area (Å²) in [6, 6.07) is 18.2. The highest BCUT2D eigenvalue weighted by Gasteiger charge is 2.17. The number of aromatic nitrogens is 1. The van der Waals surface area contributed by atoms with Gasteiger partial charge in [-0.15, -0.1) is 22.7 Å². The van der Waals surface area contributed by atoms with Gasteiger partial charge in [0.1, 0.15) is 5.75 Å². The highest BCUT2D eigenvalue weighted by atomic mass is 32.1. The van der Waals surface area contributed by atoms with Gasteiger partial charge in [0.05, 0.1) is 50.8 Å². The number of thiazole rings is 1. The Labute approximate surface area is 217 Å². The number of rotatable bonds is 8. The standard InChI is InChI=1S/C28H27N3O3S2/c32-28(30-25-17-21-7-8-24-26(27(21)36-25)29-18-35-24)22-15-19-5-1-2-6-20(19)16-23(22)34-12-4-3-9-31-10-13-33-14-11-31/h1-2,5-8,15-18H,3-4,9-14H2,(H,30,32). The molecule has 2 aromatic heterocycles. The van der Waals surface area contributed by atoms with E-state index in [-0.39, 0.29) is 5.91 Å². The third kappa shape index (κ3) is 4.95. The zero-order valence-electron chi connectivity index (χ0n) is 19.9. The number of nitrogens with one attached hydrogen (secondary N) is 1. The van der Waals surface area contributed by atoms with Gasteiger partial charge in [-0.25, -0.2) is 4.98 Å². The Morgan fingerprint density at radius 3 is 2.72 bits per heavy atom. The lowest BCUT2D eigenvalue weighted by atomic mass is 10.1. The van der Waals surface area contributed by atoms with Crippen LogP contribution in [0.4, 0.5) is 5.00 Å². The monoisotopic (exact) mass is 517 g/mol. The van der Waals surface area contributed by atoms with Crippen LogP contribution in [0.3, 0.4) is 0 Å². The summed E-state index contributed by atoms with van der Waals surface area (Å²) in [5.41, 5.74) is 3.41. The Morgan fingerprint density at radius 1 is 1.03 bits per heavy atom. The Morgan fingerprint density at radius 2 is 1.86 bits per heavy atom. The molecule has 0 aliphatic carbocycles. The van der Waals surface area contributed by atoms with E-state index in [1.807, 2.05) is 48.0 Å². The quantitative estimate of drug-likeness (QED) is 0.241. The van der Waals surface area contributed by atoms with Gasteiger partial charge < -0.3 is 14.8 Å². The second-order valence-electron chi connectivity index (χ2n) is 8.95. The lowest BCUT2D eigenvalue weighted by molar-refractivity contribution is 0.0368. The second-order valence-corrected chi connectivity index (χ2v) is 10.9. The molecule has 1 saturated heterocycles. The second kappa shape index (κ2) is 10.5. The van der Waals surface area contributed by atoms with Crippen LogP contribution in [0, 0.1) is 0 Å². The summed E-state index contributed by atoms with van der Waals surface area (Å²) in [5, 5.41) is 7.08. The Hall–Kier alpha value is -3.04. The fourth-order valence-electron chi connectivity index (χ4n) is 4.62. The third-order valence-corrected chi connectivity index (χ3v) is 8.41. The molecule has 1 N–H and O–H groups in total. The predicted molar refractivity (Wildman–Crippen MR) is 149 cm³/mol. The highest BCUT2D eigenvalue weighted by molar-refractivity contribution is 7.24. The summed E-state index contributed by atoms with van der Waals surface area (Å²) in [7, 11) is 0. The van der Waals surface area contributed by atoms with Crippen molar-refractivity contribution in [2.24, 2.45) is 0 Å². The summed E-state index contributed by atoms with van der Waals surface area (Å²) in [5.74, 6) is 0.464. The van der Waals surface area contributed by atoms with Gasteiger partial charge >= 0.3 is 0 Å². The molecular formula is C28H27N3O3S2. The molecule has 36 heavy (non-hydrogen) atoms. The molecule has 0 saturated carbocycles. The first kappa shape index (κ1) is 23.4. The zero-order valence-corrected chi connectivity index (χ0v) is 21.5. The number of morpholine rings is 1. The van der Waals surface area contributed by atoms with E-state index < -0.39 is 0 Å². The van der Waals surface area contributed by atoms with Crippen molar-refractivity contribution >= 4 is 64.7 Å². The average Bonchev–Trinajstić information content (AvgIpc) is 3.55. The van der Waals surface area contributed by atoms with Gasteiger partial charge in [-0.1, -0.05) is 30.3 Å². The van der Waals surface area contributed by atoms with Crippen LogP contribution in [-0.4, -0.2) is 55.2 Å². The number of benzene rings is 3. The maximum Gasteiger partial charge on any atom is 0.260 e. The minimum atomic E-state index is -0.162. The van der Waals surface area contributed by atoms with Gasteiger partial charge in [0.25, 0.3) is 5.91 Å². The number of nitrogens with zero attached hydrogens (tertiary/aromatic N) is 2. The van der Waals surface area contributed by atoms with Crippen molar-refractivity contribution in [1.82, 2.24) is 9.88 Å². The third-order valence-electron chi connectivity index (χ3n) is 6.54. The Balaban J connectivity index is 1.19. The van der Waals surface area contributed by atoms with Crippen LogP contribution < -0.4 is 10.1 Å². The fraction of sp³-hybridized carbons (Fsp3) is 0.286. The molecule has 8 heteroatoms. The van der Waals surface area contributed by atoms with Crippen LogP contribution in [0.25, 0.3) is 31.1 Å². The number of carbonyl (C=O) groups is 1. The first-order valence-electron chi connectivity index (χ1n) is 12.3. The molecule has 1 amide bonds.